The first-order valence-electron chi connectivity index (χ1n) is 15.4. The largest absolute Gasteiger partial charge is 0.382 e. The van der Waals surface area contributed by atoms with E-state index in [1.807, 2.05) is 15.7 Å². The number of hydrogen-bond acceptors (Lipinski definition) is 17. The number of hydrogen-bond donors (Lipinski definition) is 3. The third kappa shape index (κ3) is 15.5. The number of rotatable bonds is 24. The zero-order chi connectivity index (χ0) is 34.5. The molecule has 3 heterocycles. The molecule has 0 spiro atoms. The lowest BCUT2D eigenvalue weighted by Gasteiger charge is -2.30. The lowest BCUT2D eigenvalue weighted by molar-refractivity contribution is -0.0265. The fourth-order valence-corrected chi connectivity index (χ4v) is 9.64. The van der Waals surface area contributed by atoms with Crippen LogP contribution in [0.2, 0.25) is 0 Å². The summed E-state index contributed by atoms with van der Waals surface area (Å²) in [5.74, 6) is 0. The molecular formula is C23H48B2NO15P3S3. The normalized spacial score (nSPS) is 33.5. The molecule has 47 heavy (non-hydrogen) atoms. The maximum absolute atomic E-state index is 10.8. The van der Waals surface area contributed by atoms with Gasteiger partial charge in [-0.15, -0.1) is 0 Å². The summed E-state index contributed by atoms with van der Waals surface area (Å²) in [6.45, 7) is -8.16. The third-order valence-electron chi connectivity index (χ3n) is 7.19. The predicted molar refractivity (Wildman–Crippen MR) is 187 cm³/mol. The van der Waals surface area contributed by atoms with Crippen LogP contribution in [0.4, 0.5) is 0 Å². The van der Waals surface area contributed by atoms with Crippen molar-refractivity contribution < 1.29 is 69.9 Å². The molecule has 3 saturated heterocycles. The van der Waals surface area contributed by atoms with Crippen LogP contribution in [0, 0.1) is 0 Å². The van der Waals surface area contributed by atoms with Crippen LogP contribution in [0.15, 0.2) is 0 Å². The quantitative estimate of drug-likeness (QED) is 0.0640. The molecule has 274 valence electrons. The fraction of sp³-hybridized carbons (Fsp3) is 1.00. The van der Waals surface area contributed by atoms with Crippen LogP contribution in [0.1, 0.15) is 19.3 Å². The molecule has 0 aromatic carbocycles. The van der Waals surface area contributed by atoms with Gasteiger partial charge in [0, 0.05) is 45.8 Å². The molecule has 3 rings (SSSR count). The topological polar surface area (TPSA) is 186 Å². The Balaban J connectivity index is 1.63. The molecule has 4 N–H and O–H groups in total. The Kier molecular flexibility index (Phi) is 19.3. The molecule has 3 fully saturated rings. The van der Waals surface area contributed by atoms with E-state index in [4.69, 9.17) is 101 Å². The molecule has 3 aliphatic heterocycles. The Morgan fingerprint density at radius 2 is 1.30 bits per heavy atom. The van der Waals surface area contributed by atoms with Crippen LogP contribution >= 0.6 is 20.2 Å². The van der Waals surface area contributed by atoms with Gasteiger partial charge < -0.3 is 75.6 Å². The van der Waals surface area contributed by atoms with Crippen LogP contribution < -0.4 is 5.73 Å². The van der Waals surface area contributed by atoms with Gasteiger partial charge in [-0.05, 0) is 48.3 Å². The van der Waals surface area contributed by atoms with E-state index in [1.54, 1.807) is 7.11 Å². The first kappa shape index (κ1) is 42.8. The Labute approximate surface area is 294 Å². The Morgan fingerprint density at radius 1 is 0.723 bits per heavy atom. The predicted octanol–water partition coefficient (Wildman–Crippen LogP) is -0.580. The van der Waals surface area contributed by atoms with E-state index in [2.05, 4.69) is 0 Å². The Bertz CT molecular complexity index is 1080. The third-order valence-corrected chi connectivity index (χ3v) is 12.9. The molecule has 0 amide bonds. The number of ether oxygens (including phenoxy) is 6. The fourth-order valence-electron chi connectivity index (χ4n) is 5.05. The van der Waals surface area contributed by atoms with Crippen LogP contribution in [-0.4, -0.2) is 154 Å². The van der Waals surface area contributed by atoms with Gasteiger partial charge in [0.1, 0.15) is 34.0 Å². The van der Waals surface area contributed by atoms with Crippen molar-refractivity contribution in [3.05, 3.63) is 0 Å². The molecular weight excluding hydrogens is 741 g/mol. The van der Waals surface area contributed by atoms with Crippen molar-refractivity contribution in [1.29, 1.82) is 0 Å². The Hall–Kier alpha value is 1.44. The smallest absolute Gasteiger partial charge is 0.327 e. The molecule has 0 radical (unpaired) electrons. The highest BCUT2D eigenvalue weighted by molar-refractivity contribution is 8.08. The van der Waals surface area contributed by atoms with Gasteiger partial charge in [0.15, 0.2) is 0 Å². The monoisotopic (exact) mass is 789 g/mol. The lowest BCUT2D eigenvalue weighted by atomic mass is 9.96. The molecule has 0 bridgehead atoms. The molecule has 11 unspecified atom stereocenters. The van der Waals surface area contributed by atoms with Crippen LogP contribution in [-0.2, 0) is 95.5 Å². The van der Waals surface area contributed by atoms with Gasteiger partial charge in [-0.1, -0.05) is 0 Å². The molecule has 0 saturated carbocycles. The van der Waals surface area contributed by atoms with Crippen molar-refractivity contribution in [3.8, 4) is 0 Å². The molecule has 0 aromatic rings. The summed E-state index contributed by atoms with van der Waals surface area (Å²) in [7, 11) is 6.59. The summed E-state index contributed by atoms with van der Waals surface area (Å²) in [5.41, 5.74) is 5.43. The maximum Gasteiger partial charge on any atom is 0.327 e. The summed E-state index contributed by atoms with van der Waals surface area (Å²) in [4.78, 5) is 21.1. The van der Waals surface area contributed by atoms with E-state index in [0.717, 1.165) is 0 Å². The van der Waals surface area contributed by atoms with Gasteiger partial charge in [0.25, 0.3) is 0 Å². The van der Waals surface area contributed by atoms with Crippen LogP contribution in [0.5, 0.6) is 0 Å². The van der Waals surface area contributed by atoms with Crippen LogP contribution in [0.25, 0.3) is 0 Å². The summed E-state index contributed by atoms with van der Waals surface area (Å²) < 4.78 is 74.3. The molecule has 11 atom stereocenters. The summed E-state index contributed by atoms with van der Waals surface area (Å²) in [6.07, 6.45) is -1.87. The molecule has 24 heteroatoms. The minimum absolute atomic E-state index is 0.0683. The molecule has 16 nitrogen and oxygen atoms in total. The molecule has 3 aliphatic rings. The highest BCUT2D eigenvalue weighted by Gasteiger charge is 2.43. The van der Waals surface area contributed by atoms with Crippen molar-refractivity contribution in [2.24, 2.45) is 5.73 Å². The van der Waals surface area contributed by atoms with E-state index >= 15 is 0 Å². The first-order valence-corrected chi connectivity index (χ1v) is 23.1. The minimum atomic E-state index is -3.67. The average molecular weight is 789 g/mol. The maximum atomic E-state index is 10.8. The highest BCUT2D eigenvalue weighted by atomic mass is 32.5. The van der Waals surface area contributed by atoms with Crippen molar-refractivity contribution in [1.82, 2.24) is 0 Å². The van der Waals surface area contributed by atoms with Crippen molar-refractivity contribution >= 4 is 71.3 Å². The van der Waals surface area contributed by atoms with Gasteiger partial charge in [-0.3, -0.25) is 0 Å². The summed E-state index contributed by atoms with van der Waals surface area (Å²) in [5, 5.41) is 0. The Morgan fingerprint density at radius 3 is 1.91 bits per heavy atom. The van der Waals surface area contributed by atoms with Gasteiger partial charge in [0.2, 0.25) is 0 Å². The van der Waals surface area contributed by atoms with E-state index in [9.17, 15) is 9.79 Å². The molecule has 0 aromatic heterocycles. The minimum Gasteiger partial charge on any atom is -0.382 e. The van der Waals surface area contributed by atoms with Gasteiger partial charge in [-0.2, -0.15) is 0 Å². The van der Waals surface area contributed by atoms with Gasteiger partial charge in [-0.25, -0.2) is 0 Å². The zero-order valence-corrected chi connectivity index (χ0v) is 32.3. The second-order valence-corrected chi connectivity index (χ2v) is 19.7. The van der Waals surface area contributed by atoms with E-state index in [0.29, 0.717) is 58.8 Å². The van der Waals surface area contributed by atoms with E-state index in [1.165, 1.54) is 7.11 Å². The highest BCUT2D eigenvalue weighted by Crippen LogP contribution is 2.54. The first-order chi connectivity index (χ1) is 22.3. The average Bonchev–Trinajstić information content (AvgIpc) is 3.69. The van der Waals surface area contributed by atoms with Crippen molar-refractivity contribution in [2.75, 3.05) is 80.2 Å². The van der Waals surface area contributed by atoms with Crippen molar-refractivity contribution in [2.45, 2.75) is 67.9 Å². The second-order valence-electron chi connectivity index (χ2n) is 11.0. The van der Waals surface area contributed by atoms with Crippen molar-refractivity contribution in [3.63, 3.8) is 0 Å². The van der Waals surface area contributed by atoms with E-state index < -0.39 is 50.7 Å². The van der Waals surface area contributed by atoms with Gasteiger partial charge >= 0.3 is 20.2 Å². The van der Waals surface area contributed by atoms with E-state index in [-0.39, 0.29) is 44.5 Å². The standard InChI is InChI=1S/C23H48B2NO15P3S3/c1-29-13-19-16(3-5-33-19)39-43(28,46)35-14-20-18(12-23(25)37-20)41-44(47,34-10-9-32-8-7-31-6-4-26)36-15-21-17(11-22(24)38-21)40-42(27,45)30-2/h16-23H,3-15,24-26H2,1-2H3,(H,27,45)(H,28,46). The van der Waals surface area contributed by atoms with Gasteiger partial charge in [0.05, 0.1) is 71.2 Å². The van der Waals surface area contributed by atoms with Crippen LogP contribution in [0.3, 0.4) is 0 Å². The lowest BCUT2D eigenvalue weighted by Crippen LogP contribution is -2.31. The zero-order valence-electron chi connectivity index (χ0n) is 27.2. The second kappa shape index (κ2) is 21.2. The number of nitrogens with two attached hydrogens (primary N) is 1. The molecule has 0 aliphatic carbocycles. The SMILES string of the molecule is BC1CC(OP(O)(=S)OC)C(COP(=S)(OCCOCCOCCN)OC2CC(B)OC2COP(O)(=S)OC2CCOC2COC)O1. The summed E-state index contributed by atoms with van der Waals surface area (Å²) >= 11 is 16.2. The summed E-state index contributed by atoms with van der Waals surface area (Å²) in [6, 6.07) is -0.413. The number of methoxy groups -OCH3 is 1.